The van der Waals surface area contributed by atoms with Crippen LogP contribution in [0.15, 0.2) is 48.7 Å². The lowest BCUT2D eigenvalue weighted by atomic mass is 10.1. The molecular formula is C24H28FN3O2. The first kappa shape index (κ1) is 20.4. The van der Waals surface area contributed by atoms with Crippen molar-refractivity contribution in [2.75, 3.05) is 36.9 Å². The lowest BCUT2D eigenvalue weighted by Gasteiger charge is -2.26. The molecule has 0 bridgehead atoms. The molecule has 2 N–H and O–H groups in total. The summed E-state index contributed by atoms with van der Waals surface area (Å²) >= 11 is 0. The van der Waals surface area contributed by atoms with E-state index in [1.807, 2.05) is 24.3 Å². The first-order valence-corrected chi connectivity index (χ1v) is 10.7. The van der Waals surface area contributed by atoms with Gasteiger partial charge in [-0.3, -0.25) is 4.79 Å². The van der Waals surface area contributed by atoms with Crippen molar-refractivity contribution >= 4 is 22.9 Å². The van der Waals surface area contributed by atoms with E-state index in [-0.39, 0.29) is 11.7 Å². The number of nitrogens with one attached hydrogen (secondary N) is 2. The molecule has 2 aromatic carbocycles. The molecule has 4 rings (SSSR count). The fraction of sp³-hybridized carbons (Fsp3) is 0.375. The van der Waals surface area contributed by atoms with Gasteiger partial charge in [-0.15, -0.1) is 0 Å². The standard InChI is InChI=1S/C24H28FN3O2/c25-18-6-11-21-22(24(29)27-23(21)16-18)17-26-19-7-9-20(10-8-19)30-15-5-4-14-28-12-2-1-3-13-28/h6-11,16-17,26H,1-5,12-15H2,(H,27,29). The highest BCUT2D eigenvalue weighted by molar-refractivity contribution is 6.31. The number of amides is 1. The topological polar surface area (TPSA) is 53.6 Å². The number of likely N-dealkylation sites (tertiary alicyclic amines) is 1. The number of carbonyl (C=O) groups is 1. The van der Waals surface area contributed by atoms with Crippen molar-refractivity contribution < 1.29 is 13.9 Å². The van der Waals surface area contributed by atoms with Crippen LogP contribution >= 0.6 is 0 Å². The van der Waals surface area contributed by atoms with Crippen LogP contribution in [0.2, 0.25) is 0 Å². The zero-order valence-electron chi connectivity index (χ0n) is 17.1. The van der Waals surface area contributed by atoms with Gasteiger partial charge in [-0.05, 0) is 87.8 Å². The summed E-state index contributed by atoms with van der Waals surface area (Å²) in [4.78, 5) is 14.7. The predicted octanol–water partition coefficient (Wildman–Crippen LogP) is 4.88. The quantitative estimate of drug-likeness (QED) is 0.482. The monoisotopic (exact) mass is 409 g/mol. The van der Waals surface area contributed by atoms with E-state index in [1.165, 1.54) is 57.5 Å². The summed E-state index contributed by atoms with van der Waals surface area (Å²) in [5.41, 5.74) is 2.53. The molecule has 1 amide bonds. The Hall–Kier alpha value is -2.86. The molecule has 6 heteroatoms. The molecule has 5 nitrogen and oxygen atoms in total. The van der Waals surface area contributed by atoms with Gasteiger partial charge in [0.05, 0.1) is 17.9 Å². The van der Waals surface area contributed by atoms with Gasteiger partial charge in [0, 0.05) is 17.5 Å². The Bertz CT molecular complexity index is 905. The SMILES string of the molecule is O=C1Nc2cc(F)ccc2C1=CNc1ccc(OCCCCN2CCCCC2)cc1. The van der Waals surface area contributed by atoms with Crippen molar-refractivity contribution in [3.05, 3.63) is 60.0 Å². The number of anilines is 2. The van der Waals surface area contributed by atoms with Gasteiger partial charge in [-0.1, -0.05) is 6.42 Å². The summed E-state index contributed by atoms with van der Waals surface area (Å²) in [7, 11) is 0. The molecule has 1 fully saturated rings. The number of hydrogen-bond donors (Lipinski definition) is 2. The van der Waals surface area contributed by atoms with E-state index in [1.54, 1.807) is 12.3 Å². The molecule has 2 aliphatic heterocycles. The fourth-order valence-electron chi connectivity index (χ4n) is 3.92. The van der Waals surface area contributed by atoms with Gasteiger partial charge in [0.15, 0.2) is 0 Å². The van der Waals surface area contributed by atoms with Crippen molar-refractivity contribution in [1.82, 2.24) is 4.90 Å². The van der Waals surface area contributed by atoms with E-state index in [4.69, 9.17) is 4.74 Å². The Labute approximate surface area is 176 Å². The Kier molecular flexibility index (Phi) is 6.64. The normalized spacial score (nSPS) is 17.6. The van der Waals surface area contributed by atoms with Crippen LogP contribution in [0, 0.1) is 5.82 Å². The highest BCUT2D eigenvalue weighted by Gasteiger charge is 2.24. The second kappa shape index (κ2) is 9.76. The second-order valence-electron chi connectivity index (χ2n) is 7.83. The third kappa shape index (κ3) is 5.19. The first-order chi connectivity index (χ1) is 14.7. The maximum absolute atomic E-state index is 13.3. The minimum atomic E-state index is -0.370. The molecule has 0 aromatic heterocycles. The number of hydrogen-bond acceptors (Lipinski definition) is 4. The minimum absolute atomic E-state index is 0.243. The maximum atomic E-state index is 13.3. The molecule has 1 saturated heterocycles. The first-order valence-electron chi connectivity index (χ1n) is 10.7. The van der Waals surface area contributed by atoms with Crippen LogP contribution in [0.4, 0.5) is 15.8 Å². The van der Waals surface area contributed by atoms with E-state index in [2.05, 4.69) is 15.5 Å². The Morgan fingerprint density at radius 2 is 1.87 bits per heavy atom. The molecule has 0 spiro atoms. The number of ether oxygens (including phenoxy) is 1. The largest absolute Gasteiger partial charge is 0.494 e. The van der Waals surface area contributed by atoms with Crippen molar-refractivity contribution in [2.24, 2.45) is 0 Å². The van der Waals surface area contributed by atoms with Crippen LogP contribution in [-0.2, 0) is 4.79 Å². The van der Waals surface area contributed by atoms with Gasteiger partial charge in [0.1, 0.15) is 11.6 Å². The van der Waals surface area contributed by atoms with E-state index < -0.39 is 0 Å². The molecule has 0 saturated carbocycles. The van der Waals surface area contributed by atoms with Crippen molar-refractivity contribution in [2.45, 2.75) is 32.1 Å². The summed E-state index contributed by atoms with van der Waals surface area (Å²) in [5, 5.41) is 5.81. The van der Waals surface area contributed by atoms with E-state index in [0.717, 1.165) is 24.5 Å². The molecule has 0 atom stereocenters. The number of benzene rings is 2. The van der Waals surface area contributed by atoms with Gasteiger partial charge in [0.2, 0.25) is 0 Å². The van der Waals surface area contributed by atoms with Gasteiger partial charge < -0.3 is 20.3 Å². The number of rotatable bonds is 8. The zero-order chi connectivity index (χ0) is 20.8. The Morgan fingerprint density at radius 3 is 2.67 bits per heavy atom. The molecule has 30 heavy (non-hydrogen) atoms. The average molecular weight is 410 g/mol. The number of piperidine rings is 1. The minimum Gasteiger partial charge on any atom is -0.494 e. The summed E-state index contributed by atoms with van der Waals surface area (Å²) < 4.78 is 19.2. The van der Waals surface area contributed by atoms with Crippen molar-refractivity contribution in [1.29, 1.82) is 0 Å². The van der Waals surface area contributed by atoms with Crippen molar-refractivity contribution in [3.63, 3.8) is 0 Å². The number of fused-ring (bicyclic) bond motifs is 1. The summed E-state index contributed by atoms with van der Waals surface area (Å²) in [5.74, 6) is 0.226. The van der Waals surface area contributed by atoms with Gasteiger partial charge in [0.25, 0.3) is 5.91 Å². The van der Waals surface area contributed by atoms with E-state index >= 15 is 0 Å². The number of halogens is 1. The molecule has 2 aromatic rings. The highest BCUT2D eigenvalue weighted by Crippen LogP contribution is 2.32. The number of carbonyl (C=O) groups excluding carboxylic acids is 1. The highest BCUT2D eigenvalue weighted by atomic mass is 19.1. The molecule has 0 radical (unpaired) electrons. The van der Waals surface area contributed by atoms with E-state index in [0.29, 0.717) is 16.8 Å². The summed E-state index contributed by atoms with van der Waals surface area (Å²) in [6, 6.07) is 12.0. The Morgan fingerprint density at radius 1 is 1.07 bits per heavy atom. The van der Waals surface area contributed by atoms with Crippen LogP contribution in [0.1, 0.15) is 37.7 Å². The Balaban J connectivity index is 1.23. The molecule has 158 valence electrons. The van der Waals surface area contributed by atoms with Crippen LogP contribution in [-0.4, -0.2) is 37.0 Å². The maximum Gasteiger partial charge on any atom is 0.257 e. The number of nitrogens with zero attached hydrogens (tertiary/aromatic N) is 1. The van der Waals surface area contributed by atoms with Crippen LogP contribution in [0.25, 0.3) is 5.57 Å². The summed E-state index contributed by atoms with van der Waals surface area (Å²) in [6.07, 6.45) is 7.92. The van der Waals surface area contributed by atoms with Crippen LogP contribution in [0.3, 0.4) is 0 Å². The second-order valence-corrected chi connectivity index (χ2v) is 7.83. The van der Waals surface area contributed by atoms with Crippen LogP contribution < -0.4 is 15.4 Å². The van der Waals surface area contributed by atoms with E-state index in [9.17, 15) is 9.18 Å². The lowest BCUT2D eigenvalue weighted by molar-refractivity contribution is -0.110. The van der Waals surface area contributed by atoms with Gasteiger partial charge >= 0.3 is 0 Å². The van der Waals surface area contributed by atoms with Gasteiger partial charge in [-0.25, -0.2) is 4.39 Å². The molecular weight excluding hydrogens is 381 g/mol. The molecule has 0 unspecified atom stereocenters. The van der Waals surface area contributed by atoms with Crippen LogP contribution in [0.5, 0.6) is 5.75 Å². The molecule has 2 aliphatic rings. The molecule has 0 aliphatic carbocycles. The predicted molar refractivity (Wildman–Crippen MR) is 118 cm³/mol. The number of unbranched alkanes of at least 4 members (excludes halogenated alkanes) is 1. The van der Waals surface area contributed by atoms with Gasteiger partial charge in [-0.2, -0.15) is 0 Å². The smallest absolute Gasteiger partial charge is 0.257 e. The molecule has 2 heterocycles. The summed E-state index contributed by atoms with van der Waals surface area (Å²) in [6.45, 7) is 4.38. The zero-order valence-corrected chi connectivity index (χ0v) is 17.1. The fourth-order valence-corrected chi connectivity index (χ4v) is 3.92. The lowest BCUT2D eigenvalue weighted by Crippen LogP contribution is -2.30. The third-order valence-corrected chi connectivity index (χ3v) is 5.59. The third-order valence-electron chi connectivity index (χ3n) is 5.59. The van der Waals surface area contributed by atoms with Crippen molar-refractivity contribution in [3.8, 4) is 5.75 Å². The average Bonchev–Trinajstić information content (AvgIpc) is 3.07.